The quantitative estimate of drug-likeness (QED) is 0.769. The van der Waals surface area contributed by atoms with Gasteiger partial charge < -0.3 is 9.88 Å². The van der Waals surface area contributed by atoms with Crippen LogP contribution < -0.4 is 5.32 Å². The van der Waals surface area contributed by atoms with Gasteiger partial charge in [0.25, 0.3) is 0 Å². The average molecular weight is 241 g/mol. The Kier molecular flexibility index (Phi) is 4.73. The third kappa shape index (κ3) is 3.48. The van der Waals surface area contributed by atoms with Crippen LogP contribution in [0.1, 0.15) is 12.6 Å². The number of hydrogen-bond acceptors (Lipinski definition) is 3. The summed E-state index contributed by atoms with van der Waals surface area (Å²) in [5.74, 6) is 0.815. The molecular formula is C11H19N3OS. The van der Waals surface area contributed by atoms with Crippen molar-refractivity contribution in [2.75, 3.05) is 18.1 Å². The topological polar surface area (TPSA) is 46.9 Å². The van der Waals surface area contributed by atoms with Crippen molar-refractivity contribution in [3.63, 3.8) is 0 Å². The Morgan fingerprint density at radius 1 is 1.75 bits per heavy atom. The molecule has 2 unspecified atom stereocenters. The van der Waals surface area contributed by atoms with E-state index in [9.17, 15) is 4.21 Å². The minimum absolute atomic E-state index is 0.120. The first-order chi connectivity index (χ1) is 7.54. The number of imidazole rings is 1. The lowest BCUT2D eigenvalue weighted by Gasteiger charge is -2.11. The van der Waals surface area contributed by atoms with Gasteiger partial charge >= 0.3 is 0 Å². The number of nitrogens with one attached hydrogen (secondary N) is 1. The summed E-state index contributed by atoms with van der Waals surface area (Å²) in [4.78, 5) is 4.37. The Balaban J connectivity index is 2.65. The predicted molar refractivity (Wildman–Crippen MR) is 69.2 cm³/mol. The van der Waals surface area contributed by atoms with Crippen LogP contribution in [0.25, 0.3) is 0 Å². The van der Waals surface area contributed by atoms with E-state index in [4.69, 9.17) is 0 Å². The molecule has 0 saturated heterocycles. The van der Waals surface area contributed by atoms with E-state index in [1.807, 2.05) is 30.7 Å². The molecule has 0 amide bonds. The number of anilines is 1. The minimum atomic E-state index is -0.807. The summed E-state index contributed by atoms with van der Waals surface area (Å²) in [6.07, 6.45) is 5.51. The van der Waals surface area contributed by atoms with Crippen molar-refractivity contribution in [2.45, 2.75) is 25.6 Å². The van der Waals surface area contributed by atoms with Crippen molar-refractivity contribution in [1.82, 2.24) is 9.55 Å². The molecule has 0 bridgehead atoms. The Morgan fingerprint density at radius 3 is 3.00 bits per heavy atom. The fourth-order valence-corrected chi connectivity index (χ4v) is 1.64. The molecule has 1 aromatic rings. The zero-order valence-corrected chi connectivity index (χ0v) is 10.9. The predicted octanol–water partition coefficient (Wildman–Crippen LogP) is 1.56. The number of nitrogens with zero attached hydrogens (tertiary/aromatic N) is 2. The Labute approximate surface area is 99.2 Å². The average Bonchev–Trinajstić information content (AvgIpc) is 2.56. The molecule has 1 rings (SSSR count). The van der Waals surface area contributed by atoms with E-state index >= 15 is 0 Å². The summed E-state index contributed by atoms with van der Waals surface area (Å²) < 4.78 is 13.2. The van der Waals surface area contributed by atoms with E-state index in [1.165, 1.54) is 0 Å². The molecule has 4 nitrogen and oxygen atoms in total. The first-order valence-electron chi connectivity index (χ1n) is 5.25. The number of rotatable bonds is 6. The highest BCUT2D eigenvalue weighted by molar-refractivity contribution is 7.84. The summed E-state index contributed by atoms with van der Waals surface area (Å²) in [5.41, 5.74) is 0.967. The molecule has 0 fully saturated rings. The smallest absolute Gasteiger partial charge is 0.203 e. The van der Waals surface area contributed by atoms with E-state index in [0.717, 1.165) is 18.2 Å². The van der Waals surface area contributed by atoms with E-state index in [1.54, 1.807) is 6.26 Å². The number of aryl methyl sites for hydroxylation is 1. The number of allylic oxidation sites excluding steroid dienone is 1. The molecule has 0 aliphatic carbocycles. The Bertz CT molecular complexity index is 387. The van der Waals surface area contributed by atoms with Crippen LogP contribution >= 0.6 is 0 Å². The third-order valence-electron chi connectivity index (χ3n) is 2.34. The second-order valence-corrected chi connectivity index (χ2v) is 5.64. The van der Waals surface area contributed by atoms with Gasteiger partial charge in [-0.1, -0.05) is 6.08 Å². The van der Waals surface area contributed by atoms with Crippen LogP contribution in [0.5, 0.6) is 0 Å². The first kappa shape index (κ1) is 13.0. The van der Waals surface area contributed by atoms with Gasteiger partial charge in [-0.3, -0.25) is 4.21 Å². The largest absolute Gasteiger partial charge is 0.354 e. The third-order valence-corrected chi connectivity index (χ3v) is 3.64. The molecule has 0 aliphatic rings. The maximum Gasteiger partial charge on any atom is 0.203 e. The number of aromatic nitrogens is 2. The van der Waals surface area contributed by atoms with Gasteiger partial charge in [0.2, 0.25) is 5.95 Å². The zero-order chi connectivity index (χ0) is 12.1. The molecular weight excluding hydrogens is 222 g/mol. The second-order valence-electron chi connectivity index (χ2n) is 3.84. The van der Waals surface area contributed by atoms with Crippen molar-refractivity contribution < 1.29 is 4.21 Å². The summed E-state index contributed by atoms with van der Waals surface area (Å²) in [6, 6.07) is 0. The molecule has 0 spiro atoms. The van der Waals surface area contributed by atoms with Crippen molar-refractivity contribution in [3.05, 3.63) is 24.5 Å². The molecule has 0 aliphatic heterocycles. The van der Waals surface area contributed by atoms with Gasteiger partial charge in [0, 0.05) is 41.6 Å². The van der Waals surface area contributed by atoms with Gasteiger partial charge in [0.15, 0.2) is 0 Å². The lowest BCUT2D eigenvalue weighted by atomic mass is 10.5. The van der Waals surface area contributed by atoms with Gasteiger partial charge in [0.05, 0.1) is 5.69 Å². The molecule has 1 heterocycles. The van der Waals surface area contributed by atoms with Gasteiger partial charge in [-0.05, 0) is 13.8 Å². The highest BCUT2D eigenvalue weighted by atomic mass is 32.2. The van der Waals surface area contributed by atoms with Crippen LogP contribution in [-0.2, 0) is 17.3 Å². The van der Waals surface area contributed by atoms with E-state index in [0.29, 0.717) is 6.54 Å². The summed E-state index contributed by atoms with van der Waals surface area (Å²) in [6.45, 7) is 9.00. The molecule has 1 N–H and O–H groups in total. The van der Waals surface area contributed by atoms with Crippen LogP contribution in [0.15, 0.2) is 18.9 Å². The van der Waals surface area contributed by atoms with Gasteiger partial charge in [-0.25, -0.2) is 4.98 Å². The van der Waals surface area contributed by atoms with E-state index in [2.05, 4.69) is 16.9 Å². The summed E-state index contributed by atoms with van der Waals surface area (Å²) in [5, 5.41) is 3.33. The zero-order valence-electron chi connectivity index (χ0n) is 10.1. The lowest BCUT2D eigenvalue weighted by molar-refractivity contribution is 0.678. The maximum atomic E-state index is 11.2. The monoisotopic (exact) mass is 241 g/mol. The fraction of sp³-hybridized carbons (Fsp3) is 0.545. The van der Waals surface area contributed by atoms with E-state index in [-0.39, 0.29) is 5.25 Å². The minimum Gasteiger partial charge on any atom is -0.354 e. The lowest BCUT2D eigenvalue weighted by Crippen LogP contribution is -2.22. The van der Waals surface area contributed by atoms with Crippen molar-refractivity contribution >= 4 is 16.7 Å². The molecule has 90 valence electrons. The molecule has 0 saturated carbocycles. The van der Waals surface area contributed by atoms with Crippen molar-refractivity contribution in [1.29, 1.82) is 0 Å². The Morgan fingerprint density at radius 2 is 2.44 bits per heavy atom. The fourth-order valence-electron chi connectivity index (χ4n) is 1.32. The van der Waals surface area contributed by atoms with Crippen LogP contribution in [-0.4, -0.2) is 31.8 Å². The number of hydrogen-bond donors (Lipinski definition) is 1. The molecule has 0 aromatic carbocycles. The molecule has 16 heavy (non-hydrogen) atoms. The Hall–Kier alpha value is -1.10. The van der Waals surface area contributed by atoms with Crippen molar-refractivity contribution in [3.8, 4) is 0 Å². The van der Waals surface area contributed by atoms with Gasteiger partial charge in [-0.2, -0.15) is 0 Å². The highest BCUT2D eigenvalue weighted by Crippen LogP contribution is 2.08. The van der Waals surface area contributed by atoms with Crippen LogP contribution in [0.3, 0.4) is 0 Å². The van der Waals surface area contributed by atoms with Crippen LogP contribution in [0.4, 0.5) is 5.95 Å². The van der Waals surface area contributed by atoms with Crippen LogP contribution in [0.2, 0.25) is 0 Å². The summed E-state index contributed by atoms with van der Waals surface area (Å²) >= 11 is 0. The second kappa shape index (κ2) is 5.84. The molecule has 2 atom stereocenters. The van der Waals surface area contributed by atoms with Crippen molar-refractivity contribution in [2.24, 2.45) is 0 Å². The molecule has 1 aromatic heterocycles. The SMILES string of the molecule is C=CCn1cc(C)nc1NCC(C)S(C)=O. The molecule has 5 heteroatoms. The standard InChI is InChI=1S/C11H19N3OS/c1-5-6-14-8-9(2)13-11(14)12-7-10(3)16(4)15/h5,8,10H,1,6-7H2,2-4H3,(H,12,13). The van der Waals surface area contributed by atoms with Gasteiger partial charge in [-0.15, -0.1) is 6.58 Å². The highest BCUT2D eigenvalue weighted by Gasteiger charge is 2.08. The molecule has 0 radical (unpaired) electrons. The normalized spacial score (nSPS) is 14.4. The van der Waals surface area contributed by atoms with E-state index < -0.39 is 10.8 Å². The maximum absolute atomic E-state index is 11.2. The van der Waals surface area contributed by atoms with Gasteiger partial charge in [0.1, 0.15) is 0 Å². The van der Waals surface area contributed by atoms with Crippen LogP contribution in [0, 0.1) is 6.92 Å². The summed E-state index contributed by atoms with van der Waals surface area (Å²) in [7, 11) is -0.807. The first-order valence-corrected chi connectivity index (χ1v) is 6.87.